The summed E-state index contributed by atoms with van der Waals surface area (Å²) in [5.74, 6) is -3.38. The molecule has 0 aliphatic carbocycles. The van der Waals surface area contributed by atoms with Gasteiger partial charge in [-0.25, -0.2) is 4.79 Å². The lowest BCUT2D eigenvalue weighted by Gasteiger charge is -2.20. The Morgan fingerprint density at radius 2 is 1.70 bits per heavy atom. The number of aliphatic hydroxyl groups excluding tert-OH is 1. The van der Waals surface area contributed by atoms with E-state index in [1.807, 2.05) is 0 Å². The van der Waals surface area contributed by atoms with Crippen molar-refractivity contribution in [1.82, 2.24) is 16.0 Å². The van der Waals surface area contributed by atoms with Crippen LogP contribution >= 0.6 is 12.6 Å². The number of carbonyl (C=O) groups is 4. The van der Waals surface area contributed by atoms with E-state index in [4.69, 9.17) is 16.6 Å². The van der Waals surface area contributed by atoms with Crippen molar-refractivity contribution in [1.29, 1.82) is 0 Å². The minimum atomic E-state index is -1.19. The van der Waals surface area contributed by atoms with E-state index in [1.165, 1.54) is 6.92 Å². The number of amides is 3. The first-order valence-corrected chi connectivity index (χ1v) is 9.12. The van der Waals surface area contributed by atoms with Crippen LogP contribution in [0.3, 0.4) is 0 Å². The van der Waals surface area contributed by atoms with Crippen LogP contribution in [0.1, 0.15) is 26.2 Å². The van der Waals surface area contributed by atoms with Gasteiger partial charge in [0.1, 0.15) is 18.1 Å². The molecule has 3 amide bonds. The number of carboxylic acid groups (broad SMARTS) is 1. The van der Waals surface area contributed by atoms with Gasteiger partial charge in [0, 0.05) is 5.75 Å². The molecule has 0 aromatic heterocycles. The van der Waals surface area contributed by atoms with Gasteiger partial charge in [-0.15, -0.1) is 0 Å². The molecule has 0 radical (unpaired) electrons. The maximum atomic E-state index is 12.2. The van der Waals surface area contributed by atoms with Crippen LogP contribution in [0, 0.1) is 0 Å². The van der Waals surface area contributed by atoms with E-state index in [-0.39, 0.29) is 12.2 Å². The van der Waals surface area contributed by atoms with E-state index in [0.29, 0.717) is 19.4 Å². The number of nitrogens with one attached hydrogen (secondary N) is 3. The minimum absolute atomic E-state index is 0.0755. The molecule has 0 aliphatic heterocycles. The summed E-state index contributed by atoms with van der Waals surface area (Å²) in [6.45, 7) is 1.29. The van der Waals surface area contributed by atoms with Crippen molar-refractivity contribution >= 4 is 36.3 Å². The van der Waals surface area contributed by atoms with Crippen LogP contribution in [-0.2, 0) is 19.2 Å². The molecule has 0 bridgehead atoms. The highest BCUT2D eigenvalue weighted by atomic mass is 32.1. The molecule has 0 aliphatic rings. The van der Waals surface area contributed by atoms with Crippen molar-refractivity contribution in [2.24, 2.45) is 11.5 Å². The van der Waals surface area contributed by atoms with Crippen molar-refractivity contribution < 1.29 is 29.4 Å². The summed E-state index contributed by atoms with van der Waals surface area (Å²) in [6, 6.07) is -3.38. The van der Waals surface area contributed by atoms with Crippen LogP contribution in [0.25, 0.3) is 0 Å². The number of aliphatic carboxylic acids is 1. The van der Waals surface area contributed by atoms with Crippen LogP contribution in [0.5, 0.6) is 0 Å². The number of rotatable bonds is 13. The Morgan fingerprint density at radius 3 is 2.19 bits per heavy atom. The number of hydrogen-bond acceptors (Lipinski definition) is 8. The summed E-state index contributed by atoms with van der Waals surface area (Å²) >= 11 is 3.98. The van der Waals surface area contributed by atoms with Crippen LogP contribution in [0.15, 0.2) is 0 Å². The molecule has 4 unspecified atom stereocenters. The highest BCUT2D eigenvalue weighted by Gasteiger charge is 2.26. The molecule has 11 nitrogen and oxygen atoms in total. The second-order valence-electron chi connectivity index (χ2n) is 5.97. The summed E-state index contributed by atoms with van der Waals surface area (Å²) in [7, 11) is 0. The predicted octanol–water partition coefficient (Wildman–Crippen LogP) is -3.08. The van der Waals surface area contributed by atoms with E-state index < -0.39 is 54.5 Å². The third-order valence-corrected chi connectivity index (χ3v) is 4.01. The Morgan fingerprint density at radius 1 is 1.07 bits per heavy atom. The molecule has 0 aromatic rings. The molecule has 156 valence electrons. The summed E-state index contributed by atoms with van der Waals surface area (Å²) in [5.41, 5.74) is 10.8. The normalized spacial score (nSPS) is 15.1. The first kappa shape index (κ1) is 25.1. The molecule has 0 saturated heterocycles. The average molecular weight is 407 g/mol. The largest absolute Gasteiger partial charge is 0.480 e. The number of hydrogen-bond donors (Lipinski definition) is 8. The first-order valence-electron chi connectivity index (χ1n) is 8.48. The third kappa shape index (κ3) is 10.1. The van der Waals surface area contributed by atoms with Gasteiger partial charge >= 0.3 is 5.97 Å². The van der Waals surface area contributed by atoms with E-state index in [1.54, 1.807) is 0 Å². The standard InChI is InChI=1S/C15H29N5O6S/c1-8(21)12(17)14(24)18-6-11(22)19-10(7-27)13(23)20-9(15(25)26)4-2-3-5-16/h8-10,12,21,27H,2-7,16-17H2,1H3,(H,18,24)(H,19,22)(H,20,23)(H,25,26). The van der Waals surface area contributed by atoms with Gasteiger partial charge in [0.2, 0.25) is 17.7 Å². The SMILES string of the molecule is CC(O)C(N)C(=O)NCC(=O)NC(CS)C(=O)NC(CCCCN)C(=O)O. The summed E-state index contributed by atoms with van der Waals surface area (Å²) in [6.07, 6.45) is 0.275. The van der Waals surface area contributed by atoms with E-state index in [9.17, 15) is 24.3 Å². The third-order valence-electron chi connectivity index (χ3n) is 3.64. The number of nitrogens with two attached hydrogens (primary N) is 2. The molecule has 0 fully saturated rings. The Labute approximate surface area is 163 Å². The van der Waals surface area contributed by atoms with Gasteiger partial charge < -0.3 is 37.6 Å². The van der Waals surface area contributed by atoms with Crippen LogP contribution < -0.4 is 27.4 Å². The van der Waals surface area contributed by atoms with E-state index in [2.05, 4.69) is 28.6 Å². The lowest BCUT2D eigenvalue weighted by atomic mass is 10.1. The lowest BCUT2D eigenvalue weighted by Crippen LogP contribution is -2.55. The summed E-state index contributed by atoms with van der Waals surface area (Å²) in [5, 5.41) is 25.3. The molecule has 0 rings (SSSR count). The summed E-state index contributed by atoms with van der Waals surface area (Å²) in [4.78, 5) is 46.9. The molecule has 0 heterocycles. The van der Waals surface area contributed by atoms with Gasteiger partial charge in [-0.1, -0.05) is 0 Å². The second kappa shape index (κ2) is 13.3. The Kier molecular flexibility index (Phi) is 12.4. The number of unbranched alkanes of at least 4 members (excludes halogenated alkanes) is 1. The highest BCUT2D eigenvalue weighted by Crippen LogP contribution is 2.02. The Hall–Kier alpha value is -1.89. The maximum Gasteiger partial charge on any atom is 0.326 e. The Bertz CT molecular complexity index is 519. The zero-order valence-corrected chi connectivity index (χ0v) is 16.1. The minimum Gasteiger partial charge on any atom is -0.480 e. The molecule has 0 aromatic carbocycles. The smallest absolute Gasteiger partial charge is 0.326 e. The van der Waals surface area contributed by atoms with Crippen molar-refractivity contribution in [3.8, 4) is 0 Å². The summed E-state index contributed by atoms with van der Waals surface area (Å²) < 4.78 is 0. The van der Waals surface area contributed by atoms with Crippen molar-refractivity contribution in [3.63, 3.8) is 0 Å². The molecule has 0 spiro atoms. The highest BCUT2D eigenvalue weighted by molar-refractivity contribution is 7.80. The second-order valence-corrected chi connectivity index (χ2v) is 6.34. The zero-order valence-electron chi connectivity index (χ0n) is 15.2. The van der Waals surface area contributed by atoms with Gasteiger partial charge in [-0.2, -0.15) is 12.6 Å². The van der Waals surface area contributed by atoms with Gasteiger partial charge in [0.25, 0.3) is 0 Å². The molecule has 4 atom stereocenters. The van der Waals surface area contributed by atoms with Gasteiger partial charge in [-0.05, 0) is 32.7 Å². The van der Waals surface area contributed by atoms with Gasteiger partial charge in [0.15, 0.2) is 0 Å². The van der Waals surface area contributed by atoms with Gasteiger partial charge in [-0.3, -0.25) is 14.4 Å². The van der Waals surface area contributed by atoms with E-state index in [0.717, 1.165) is 0 Å². The molecule has 0 saturated carbocycles. The monoisotopic (exact) mass is 407 g/mol. The average Bonchev–Trinajstić information content (AvgIpc) is 2.62. The molecular formula is C15H29N5O6S. The fourth-order valence-corrected chi connectivity index (χ4v) is 2.22. The van der Waals surface area contributed by atoms with Crippen molar-refractivity contribution in [3.05, 3.63) is 0 Å². The Balaban J connectivity index is 4.58. The fourth-order valence-electron chi connectivity index (χ4n) is 1.97. The molecular weight excluding hydrogens is 378 g/mol. The zero-order chi connectivity index (χ0) is 21.0. The van der Waals surface area contributed by atoms with Crippen LogP contribution in [-0.4, -0.2) is 77.0 Å². The fraction of sp³-hybridized carbons (Fsp3) is 0.733. The predicted molar refractivity (Wildman–Crippen MR) is 101 cm³/mol. The number of aliphatic hydroxyl groups is 1. The topological polar surface area (TPSA) is 197 Å². The molecule has 27 heavy (non-hydrogen) atoms. The maximum absolute atomic E-state index is 12.2. The molecule has 12 heteroatoms. The number of carbonyl (C=O) groups excluding carboxylic acids is 3. The molecule has 9 N–H and O–H groups in total. The van der Waals surface area contributed by atoms with Crippen LogP contribution in [0.4, 0.5) is 0 Å². The van der Waals surface area contributed by atoms with Gasteiger partial charge in [0.05, 0.1) is 12.6 Å². The quantitative estimate of drug-likeness (QED) is 0.116. The van der Waals surface area contributed by atoms with Crippen LogP contribution in [0.2, 0.25) is 0 Å². The number of thiol groups is 1. The van der Waals surface area contributed by atoms with Crippen molar-refractivity contribution in [2.45, 2.75) is 50.4 Å². The lowest BCUT2D eigenvalue weighted by molar-refractivity contribution is -0.142. The number of carboxylic acids is 1. The first-order chi connectivity index (χ1) is 12.6. The van der Waals surface area contributed by atoms with Crippen molar-refractivity contribution in [2.75, 3.05) is 18.8 Å². The van der Waals surface area contributed by atoms with E-state index >= 15 is 0 Å².